The van der Waals surface area contributed by atoms with E-state index in [1.165, 1.54) is 7.11 Å². The third-order valence-electron chi connectivity index (χ3n) is 3.74. The minimum absolute atomic E-state index is 0.0478. The van der Waals surface area contributed by atoms with Gasteiger partial charge in [-0.05, 0) is 31.4 Å². The molecule has 3 heterocycles. The molecule has 7 heteroatoms. The number of hydrogen-bond donors (Lipinski definition) is 0. The SMILES string of the molecule is COCC(=O)N1CCCC[C@H]1c1nc(-c2cccnc2)no1. The van der Waals surface area contributed by atoms with Crippen LogP contribution >= 0.6 is 0 Å². The molecular formula is C15H18N4O3. The molecule has 2 aromatic rings. The van der Waals surface area contributed by atoms with E-state index in [-0.39, 0.29) is 18.6 Å². The number of pyridine rings is 1. The molecule has 1 saturated heterocycles. The van der Waals surface area contributed by atoms with Crippen molar-refractivity contribution in [1.29, 1.82) is 0 Å². The number of piperidine rings is 1. The van der Waals surface area contributed by atoms with Crippen LogP contribution in [0.1, 0.15) is 31.2 Å². The monoisotopic (exact) mass is 302 g/mol. The summed E-state index contributed by atoms with van der Waals surface area (Å²) >= 11 is 0. The van der Waals surface area contributed by atoms with Crippen molar-refractivity contribution in [3.63, 3.8) is 0 Å². The van der Waals surface area contributed by atoms with E-state index in [0.717, 1.165) is 24.8 Å². The molecule has 1 aliphatic rings. The van der Waals surface area contributed by atoms with Gasteiger partial charge in [0.15, 0.2) is 0 Å². The highest BCUT2D eigenvalue weighted by Gasteiger charge is 2.32. The number of carbonyl (C=O) groups excluding carboxylic acids is 1. The summed E-state index contributed by atoms with van der Waals surface area (Å²) in [6.45, 7) is 0.761. The number of methoxy groups -OCH3 is 1. The third-order valence-corrected chi connectivity index (χ3v) is 3.74. The molecule has 0 saturated carbocycles. The van der Waals surface area contributed by atoms with Gasteiger partial charge in [-0.25, -0.2) is 0 Å². The zero-order valence-electron chi connectivity index (χ0n) is 12.4. The molecule has 1 atom stereocenters. The quantitative estimate of drug-likeness (QED) is 0.857. The summed E-state index contributed by atoms with van der Waals surface area (Å²) in [6.07, 6.45) is 6.21. The molecule has 7 nitrogen and oxygen atoms in total. The molecular weight excluding hydrogens is 284 g/mol. The van der Waals surface area contributed by atoms with Crippen molar-refractivity contribution in [1.82, 2.24) is 20.0 Å². The summed E-state index contributed by atoms with van der Waals surface area (Å²) in [7, 11) is 1.52. The minimum atomic E-state index is -0.172. The van der Waals surface area contributed by atoms with Crippen molar-refractivity contribution in [2.45, 2.75) is 25.3 Å². The fourth-order valence-corrected chi connectivity index (χ4v) is 2.68. The van der Waals surface area contributed by atoms with Gasteiger partial charge in [-0.2, -0.15) is 4.98 Å². The van der Waals surface area contributed by atoms with Gasteiger partial charge in [0.25, 0.3) is 0 Å². The fourth-order valence-electron chi connectivity index (χ4n) is 2.68. The number of likely N-dealkylation sites (tertiary alicyclic amines) is 1. The van der Waals surface area contributed by atoms with Crippen LogP contribution in [-0.4, -0.2) is 46.2 Å². The van der Waals surface area contributed by atoms with Crippen LogP contribution in [0.4, 0.5) is 0 Å². The summed E-state index contributed by atoms with van der Waals surface area (Å²) in [5.74, 6) is 0.921. The summed E-state index contributed by atoms with van der Waals surface area (Å²) in [5.41, 5.74) is 0.795. The first-order valence-electron chi connectivity index (χ1n) is 7.32. The molecule has 0 aliphatic carbocycles. The van der Waals surface area contributed by atoms with Crippen molar-refractivity contribution in [2.75, 3.05) is 20.3 Å². The van der Waals surface area contributed by atoms with Crippen LogP contribution in [0, 0.1) is 0 Å². The summed E-state index contributed by atoms with van der Waals surface area (Å²) < 4.78 is 10.3. The number of amides is 1. The number of carbonyl (C=O) groups is 1. The van der Waals surface area contributed by atoms with Gasteiger partial charge < -0.3 is 14.2 Å². The Morgan fingerprint density at radius 1 is 1.50 bits per heavy atom. The predicted octanol–water partition coefficient (Wildman–Crippen LogP) is 1.83. The second kappa shape index (κ2) is 6.65. The van der Waals surface area contributed by atoms with Crippen molar-refractivity contribution >= 4 is 5.91 Å². The van der Waals surface area contributed by atoms with Gasteiger partial charge in [0, 0.05) is 31.6 Å². The number of aromatic nitrogens is 3. The van der Waals surface area contributed by atoms with Crippen LogP contribution in [0.5, 0.6) is 0 Å². The molecule has 22 heavy (non-hydrogen) atoms. The van der Waals surface area contributed by atoms with Crippen LogP contribution in [0.3, 0.4) is 0 Å². The van der Waals surface area contributed by atoms with E-state index in [1.54, 1.807) is 17.3 Å². The van der Waals surface area contributed by atoms with Crippen LogP contribution < -0.4 is 0 Å². The van der Waals surface area contributed by atoms with Crippen LogP contribution in [0.25, 0.3) is 11.4 Å². The fraction of sp³-hybridized carbons (Fsp3) is 0.467. The molecule has 116 valence electrons. The van der Waals surface area contributed by atoms with E-state index in [1.807, 2.05) is 12.1 Å². The minimum Gasteiger partial charge on any atom is -0.375 e. The number of ether oxygens (including phenoxy) is 1. The van der Waals surface area contributed by atoms with Gasteiger partial charge in [-0.1, -0.05) is 5.16 Å². The second-order valence-corrected chi connectivity index (χ2v) is 5.23. The maximum absolute atomic E-state index is 12.2. The lowest BCUT2D eigenvalue weighted by Gasteiger charge is -2.33. The highest BCUT2D eigenvalue weighted by molar-refractivity contribution is 5.78. The Kier molecular flexibility index (Phi) is 4.43. The Hall–Kier alpha value is -2.28. The van der Waals surface area contributed by atoms with Crippen molar-refractivity contribution in [3.05, 3.63) is 30.4 Å². The van der Waals surface area contributed by atoms with Crippen molar-refractivity contribution in [2.24, 2.45) is 0 Å². The Labute approximate surface area is 128 Å². The lowest BCUT2D eigenvalue weighted by molar-refractivity contribution is -0.139. The maximum atomic E-state index is 12.2. The van der Waals surface area contributed by atoms with Gasteiger partial charge >= 0.3 is 0 Å². The van der Waals surface area contributed by atoms with Crippen molar-refractivity contribution < 1.29 is 14.1 Å². The predicted molar refractivity (Wildman–Crippen MR) is 77.7 cm³/mol. The molecule has 1 fully saturated rings. The highest BCUT2D eigenvalue weighted by Crippen LogP contribution is 2.31. The molecule has 0 unspecified atom stereocenters. The molecule has 0 aromatic carbocycles. The van der Waals surface area contributed by atoms with Gasteiger partial charge in [-0.3, -0.25) is 9.78 Å². The van der Waals surface area contributed by atoms with Gasteiger partial charge in [-0.15, -0.1) is 0 Å². The second-order valence-electron chi connectivity index (χ2n) is 5.23. The zero-order chi connectivity index (χ0) is 15.4. The summed E-state index contributed by atoms with van der Waals surface area (Å²) in [6, 6.07) is 3.52. The molecule has 0 radical (unpaired) electrons. The lowest BCUT2D eigenvalue weighted by atomic mass is 10.0. The Morgan fingerprint density at radius 2 is 2.41 bits per heavy atom. The first-order valence-corrected chi connectivity index (χ1v) is 7.32. The van der Waals surface area contributed by atoms with E-state index in [0.29, 0.717) is 18.3 Å². The number of rotatable bonds is 4. The molecule has 3 rings (SSSR count). The van der Waals surface area contributed by atoms with Crippen LogP contribution in [0.15, 0.2) is 29.0 Å². The topological polar surface area (TPSA) is 81.4 Å². The Morgan fingerprint density at radius 3 is 3.18 bits per heavy atom. The molecule has 0 spiro atoms. The van der Waals surface area contributed by atoms with Gasteiger partial charge in [0.05, 0.1) is 0 Å². The summed E-state index contributed by atoms with van der Waals surface area (Å²) in [4.78, 5) is 22.4. The average Bonchev–Trinajstić information content (AvgIpc) is 3.06. The highest BCUT2D eigenvalue weighted by atomic mass is 16.5. The van der Waals surface area contributed by atoms with E-state index >= 15 is 0 Å². The first kappa shape index (κ1) is 14.6. The molecule has 0 bridgehead atoms. The first-order chi connectivity index (χ1) is 10.8. The number of nitrogens with zero attached hydrogens (tertiary/aromatic N) is 4. The maximum Gasteiger partial charge on any atom is 0.249 e. The normalized spacial score (nSPS) is 18.4. The van der Waals surface area contributed by atoms with E-state index in [2.05, 4.69) is 15.1 Å². The smallest absolute Gasteiger partial charge is 0.249 e. The molecule has 1 aliphatic heterocycles. The molecule has 0 N–H and O–H groups in total. The average molecular weight is 302 g/mol. The lowest BCUT2D eigenvalue weighted by Crippen LogP contribution is -2.40. The third kappa shape index (κ3) is 2.99. The van der Waals surface area contributed by atoms with E-state index in [4.69, 9.17) is 9.26 Å². The standard InChI is InChI=1S/C15H18N4O3/c1-21-10-13(20)19-8-3-2-6-12(19)15-17-14(18-22-15)11-5-4-7-16-9-11/h4-5,7,9,12H,2-3,6,8,10H2,1H3/t12-/m0/s1. The zero-order valence-corrected chi connectivity index (χ0v) is 12.4. The Balaban J connectivity index is 1.82. The van der Waals surface area contributed by atoms with E-state index in [9.17, 15) is 4.79 Å². The summed E-state index contributed by atoms with van der Waals surface area (Å²) in [5, 5.41) is 4.01. The van der Waals surface area contributed by atoms with Crippen LogP contribution in [-0.2, 0) is 9.53 Å². The van der Waals surface area contributed by atoms with Gasteiger partial charge in [0.2, 0.25) is 17.6 Å². The van der Waals surface area contributed by atoms with Gasteiger partial charge in [0.1, 0.15) is 12.6 Å². The van der Waals surface area contributed by atoms with E-state index < -0.39 is 0 Å². The largest absolute Gasteiger partial charge is 0.375 e. The van der Waals surface area contributed by atoms with Crippen molar-refractivity contribution in [3.8, 4) is 11.4 Å². The Bertz CT molecular complexity index is 629. The molecule has 2 aromatic heterocycles. The molecule has 1 amide bonds. The van der Waals surface area contributed by atoms with Crippen LogP contribution in [0.2, 0.25) is 0 Å². The number of hydrogen-bond acceptors (Lipinski definition) is 6.